The summed E-state index contributed by atoms with van der Waals surface area (Å²) in [5.74, 6) is 0.474. The summed E-state index contributed by atoms with van der Waals surface area (Å²) in [4.78, 5) is 12.1. The molecule has 3 N–H and O–H groups in total. The minimum absolute atomic E-state index is 0.00103. The minimum atomic E-state index is -0.746. The first-order valence-electron chi connectivity index (χ1n) is 9.04. The Morgan fingerprint density at radius 2 is 2.00 bits per heavy atom. The number of ether oxygens (including phenoxy) is 2. The molecule has 0 aromatic rings. The molecule has 0 bridgehead atoms. The summed E-state index contributed by atoms with van der Waals surface area (Å²) in [6, 6.07) is -0.0558. The van der Waals surface area contributed by atoms with Crippen LogP contribution in [0.3, 0.4) is 0 Å². The first-order valence-corrected chi connectivity index (χ1v) is 9.04. The third kappa shape index (κ3) is 6.65. The van der Waals surface area contributed by atoms with Crippen LogP contribution >= 0.6 is 0 Å². The quantitative estimate of drug-likeness (QED) is 0.667. The summed E-state index contributed by atoms with van der Waals surface area (Å²) in [6.45, 7) is 5.46. The van der Waals surface area contributed by atoms with E-state index in [4.69, 9.17) is 9.47 Å². The van der Waals surface area contributed by atoms with Crippen LogP contribution in [-0.2, 0) is 9.47 Å². The summed E-state index contributed by atoms with van der Waals surface area (Å²) in [5, 5.41) is 16.0. The van der Waals surface area contributed by atoms with Gasteiger partial charge in [-0.05, 0) is 44.4 Å². The molecule has 1 aliphatic heterocycles. The van der Waals surface area contributed by atoms with Gasteiger partial charge in [-0.1, -0.05) is 20.3 Å². The maximum absolute atomic E-state index is 12.1. The van der Waals surface area contributed by atoms with Gasteiger partial charge >= 0.3 is 6.09 Å². The van der Waals surface area contributed by atoms with Gasteiger partial charge in [0.1, 0.15) is 6.10 Å². The smallest absolute Gasteiger partial charge is 0.407 e. The van der Waals surface area contributed by atoms with Crippen molar-refractivity contribution in [2.45, 2.75) is 83.3 Å². The third-order valence-corrected chi connectivity index (χ3v) is 4.59. The van der Waals surface area contributed by atoms with E-state index in [1.807, 2.05) is 0 Å². The molecule has 2 aliphatic rings. The van der Waals surface area contributed by atoms with E-state index >= 15 is 0 Å². The van der Waals surface area contributed by atoms with Crippen LogP contribution in [0.2, 0.25) is 0 Å². The fourth-order valence-electron chi connectivity index (χ4n) is 3.37. The first-order chi connectivity index (χ1) is 11.0. The predicted octanol–water partition coefficient (Wildman–Crippen LogP) is 2.16. The molecule has 0 aromatic carbocycles. The van der Waals surface area contributed by atoms with Crippen molar-refractivity contribution in [3.63, 3.8) is 0 Å². The highest BCUT2D eigenvalue weighted by molar-refractivity contribution is 5.67. The zero-order valence-electron chi connectivity index (χ0n) is 14.4. The van der Waals surface area contributed by atoms with Crippen molar-refractivity contribution >= 4 is 6.09 Å². The summed E-state index contributed by atoms with van der Waals surface area (Å²) in [6.07, 6.45) is 6.17. The maximum atomic E-state index is 12.1. The molecule has 1 saturated heterocycles. The second-order valence-corrected chi connectivity index (χ2v) is 7.20. The number of carbonyl (C=O) groups excluding carboxylic acids is 1. The Kier molecular flexibility index (Phi) is 7.59. The van der Waals surface area contributed by atoms with Gasteiger partial charge in [-0.3, -0.25) is 0 Å². The SMILES string of the molecule is CC(C)C[C@H](CN[C@H]1CCOC1O)NC(=O)OC1CCCCC1. The summed E-state index contributed by atoms with van der Waals surface area (Å²) < 4.78 is 10.7. The van der Waals surface area contributed by atoms with Crippen molar-refractivity contribution in [2.24, 2.45) is 5.92 Å². The van der Waals surface area contributed by atoms with Gasteiger partial charge in [-0.2, -0.15) is 0 Å². The molecular formula is C17H32N2O4. The monoisotopic (exact) mass is 328 g/mol. The molecule has 1 amide bonds. The normalized spacial score (nSPS) is 27.1. The van der Waals surface area contributed by atoms with Gasteiger partial charge in [0, 0.05) is 12.6 Å². The zero-order chi connectivity index (χ0) is 16.7. The van der Waals surface area contributed by atoms with E-state index in [2.05, 4.69) is 24.5 Å². The number of hydrogen-bond donors (Lipinski definition) is 3. The molecular weight excluding hydrogens is 296 g/mol. The molecule has 2 rings (SSSR count). The third-order valence-electron chi connectivity index (χ3n) is 4.59. The Morgan fingerprint density at radius 1 is 1.26 bits per heavy atom. The molecule has 6 nitrogen and oxygen atoms in total. The lowest BCUT2D eigenvalue weighted by atomic mass is 9.98. The Balaban J connectivity index is 1.75. The molecule has 1 unspecified atom stereocenters. The van der Waals surface area contributed by atoms with Crippen LogP contribution in [0.15, 0.2) is 0 Å². The van der Waals surface area contributed by atoms with E-state index in [1.165, 1.54) is 6.42 Å². The van der Waals surface area contributed by atoms with E-state index in [-0.39, 0.29) is 24.3 Å². The van der Waals surface area contributed by atoms with Gasteiger partial charge in [0.2, 0.25) is 0 Å². The van der Waals surface area contributed by atoms with Crippen LogP contribution in [0.4, 0.5) is 4.79 Å². The van der Waals surface area contributed by atoms with Crippen LogP contribution in [0.5, 0.6) is 0 Å². The largest absolute Gasteiger partial charge is 0.446 e. The fourth-order valence-corrected chi connectivity index (χ4v) is 3.37. The second kappa shape index (κ2) is 9.45. The summed E-state index contributed by atoms with van der Waals surface area (Å²) in [5.41, 5.74) is 0. The molecule has 1 saturated carbocycles. The fraction of sp³-hybridized carbons (Fsp3) is 0.941. The van der Waals surface area contributed by atoms with E-state index in [1.54, 1.807) is 0 Å². The zero-order valence-corrected chi connectivity index (χ0v) is 14.4. The van der Waals surface area contributed by atoms with Gasteiger partial charge < -0.3 is 25.2 Å². The lowest BCUT2D eigenvalue weighted by molar-refractivity contribution is -0.0718. The van der Waals surface area contributed by atoms with Crippen LogP contribution in [0, 0.1) is 5.92 Å². The van der Waals surface area contributed by atoms with Crippen molar-refractivity contribution < 1.29 is 19.4 Å². The Bertz CT molecular complexity index is 359. The lowest BCUT2D eigenvalue weighted by Crippen LogP contribution is -2.48. The number of carbonyl (C=O) groups is 1. The molecule has 6 heteroatoms. The number of aliphatic hydroxyl groups is 1. The maximum Gasteiger partial charge on any atom is 0.407 e. The molecule has 0 spiro atoms. The highest BCUT2D eigenvalue weighted by Crippen LogP contribution is 2.20. The van der Waals surface area contributed by atoms with Gasteiger partial charge in [-0.25, -0.2) is 4.79 Å². The highest BCUT2D eigenvalue weighted by atomic mass is 16.6. The van der Waals surface area contributed by atoms with Crippen LogP contribution in [-0.4, -0.2) is 48.8 Å². The van der Waals surface area contributed by atoms with Crippen LogP contribution in [0.25, 0.3) is 0 Å². The second-order valence-electron chi connectivity index (χ2n) is 7.20. The van der Waals surface area contributed by atoms with E-state index in [0.29, 0.717) is 19.1 Å². The standard InChI is InChI=1S/C17H32N2O4/c1-12(2)10-13(11-18-15-8-9-22-16(15)20)19-17(21)23-14-6-4-3-5-7-14/h12-16,18,20H,3-11H2,1-2H3,(H,19,21)/t13-,15+,16?/m1/s1. The van der Waals surface area contributed by atoms with Crippen LogP contribution in [0.1, 0.15) is 58.8 Å². The molecule has 1 aliphatic carbocycles. The molecule has 0 aromatic heterocycles. The van der Waals surface area contributed by atoms with E-state index < -0.39 is 6.29 Å². The molecule has 0 radical (unpaired) electrons. The van der Waals surface area contributed by atoms with Crippen molar-refractivity contribution in [1.82, 2.24) is 10.6 Å². The van der Waals surface area contributed by atoms with Crippen molar-refractivity contribution in [3.05, 3.63) is 0 Å². The number of nitrogens with one attached hydrogen (secondary N) is 2. The van der Waals surface area contributed by atoms with Crippen molar-refractivity contribution in [3.8, 4) is 0 Å². The van der Waals surface area contributed by atoms with Crippen molar-refractivity contribution in [1.29, 1.82) is 0 Å². The average molecular weight is 328 g/mol. The molecule has 134 valence electrons. The number of hydrogen-bond acceptors (Lipinski definition) is 5. The van der Waals surface area contributed by atoms with Crippen molar-refractivity contribution in [2.75, 3.05) is 13.2 Å². The van der Waals surface area contributed by atoms with Gasteiger partial charge in [-0.15, -0.1) is 0 Å². The number of rotatable bonds is 7. The van der Waals surface area contributed by atoms with Gasteiger partial charge in [0.05, 0.1) is 12.6 Å². The number of amides is 1. The number of aliphatic hydroxyl groups excluding tert-OH is 1. The number of alkyl carbamates (subject to hydrolysis) is 1. The van der Waals surface area contributed by atoms with Gasteiger partial charge in [0.15, 0.2) is 6.29 Å². The Labute approximate surface area is 139 Å². The van der Waals surface area contributed by atoms with Gasteiger partial charge in [0.25, 0.3) is 0 Å². The molecule has 2 fully saturated rings. The summed E-state index contributed by atoms with van der Waals surface area (Å²) >= 11 is 0. The highest BCUT2D eigenvalue weighted by Gasteiger charge is 2.27. The first kappa shape index (κ1) is 18.5. The molecule has 23 heavy (non-hydrogen) atoms. The minimum Gasteiger partial charge on any atom is -0.446 e. The average Bonchev–Trinajstić information content (AvgIpc) is 2.90. The van der Waals surface area contributed by atoms with E-state index in [9.17, 15) is 9.90 Å². The molecule has 3 atom stereocenters. The Morgan fingerprint density at radius 3 is 2.61 bits per heavy atom. The topological polar surface area (TPSA) is 79.8 Å². The van der Waals surface area contributed by atoms with Crippen LogP contribution < -0.4 is 10.6 Å². The van der Waals surface area contributed by atoms with E-state index in [0.717, 1.165) is 38.5 Å². The lowest BCUT2D eigenvalue weighted by Gasteiger charge is -2.26. The predicted molar refractivity (Wildman–Crippen MR) is 88.1 cm³/mol. The Hall–Kier alpha value is -0.850. The summed E-state index contributed by atoms with van der Waals surface area (Å²) in [7, 11) is 0. The molecule has 1 heterocycles.